The summed E-state index contributed by atoms with van der Waals surface area (Å²) in [5, 5.41) is 11.5. The van der Waals surface area contributed by atoms with Gasteiger partial charge in [-0.1, -0.05) is 54.1 Å². The molecule has 2 aromatic rings. The van der Waals surface area contributed by atoms with E-state index in [1.54, 1.807) is 7.05 Å². The number of ether oxygens (including phenoxy) is 1. The van der Waals surface area contributed by atoms with E-state index in [0.29, 0.717) is 6.54 Å². The summed E-state index contributed by atoms with van der Waals surface area (Å²) in [7, 11) is 1.80. The number of aliphatic imine (C=N–C) groups is 1. The van der Waals surface area contributed by atoms with Crippen LogP contribution in [0.3, 0.4) is 0 Å². The maximum atomic E-state index is 6.08. The first-order valence-electron chi connectivity index (χ1n) is 10.2. The molecule has 0 aliphatic carbocycles. The van der Waals surface area contributed by atoms with E-state index in [-0.39, 0.29) is 11.6 Å². The molecule has 1 saturated heterocycles. The van der Waals surface area contributed by atoms with E-state index >= 15 is 0 Å². The van der Waals surface area contributed by atoms with Crippen LogP contribution in [0.25, 0.3) is 0 Å². The van der Waals surface area contributed by atoms with Crippen molar-refractivity contribution in [3.8, 4) is 0 Å². The number of benzene rings is 2. The second-order valence-corrected chi connectivity index (χ2v) is 8.02. The van der Waals surface area contributed by atoms with Gasteiger partial charge in [-0.3, -0.25) is 4.99 Å². The van der Waals surface area contributed by atoms with Crippen molar-refractivity contribution in [3.05, 3.63) is 70.7 Å². The van der Waals surface area contributed by atoms with Gasteiger partial charge in [0.05, 0.1) is 0 Å². The van der Waals surface area contributed by atoms with E-state index in [1.807, 2.05) is 18.2 Å². The average molecular weight is 415 g/mol. The van der Waals surface area contributed by atoms with Crippen LogP contribution in [0.1, 0.15) is 36.9 Å². The minimum Gasteiger partial charge on any atom is -0.381 e. The Kier molecular flexibility index (Phi) is 7.92. The molecule has 1 atom stereocenters. The Morgan fingerprint density at radius 2 is 1.86 bits per heavy atom. The first-order valence-corrected chi connectivity index (χ1v) is 10.6. The van der Waals surface area contributed by atoms with Gasteiger partial charge in [0.2, 0.25) is 0 Å². The van der Waals surface area contributed by atoms with E-state index < -0.39 is 0 Å². The molecule has 5 nitrogen and oxygen atoms in total. The van der Waals surface area contributed by atoms with Crippen molar-refractivity contribution >= 4 is 17.6 Å². The van der Waals surface area contributed by atoms with Crippen molar-refractivity contribution in [1.82, 2.24) is 16.0 Å². The molecule has 0 radical (unpaired) electrons. The number of nitrogens with one attached hydrogen (secondary N) is 3. The summed E-state index contributed by atoms with van der Waals surface area (Å²) >= 11 is 6.08. The lowest BCUT2D eigenvalue weighted by Gasteiger charge is -2.41. The number of nitrogens with zero attached hydrogens (tertiary/aromatic N) is 1. The summed E-state index contributed by atoms with van der Waals surface area (Å²) in [5.41, 5.74) is 2.38. The minimum absolute atomic E-state index is 0.0405. The van der Waals surface area contributed by atoms with Gasteiger partial charge in [-0.05, 0) is 43.0 Å². The fourth-order valence-corrected chi connectivity index (χ4v) is 3.94. The highest BCUT2D eigenvalue weighted by molar-refractivity contribution is 6.30. The molecule has 0 spiro atoms. The molecule has 3 rings (SSSR count). The molecule has 6 heteroatoms. The predicted octanol–water partition coefficient (Wildman–Crippen LogP) is 3.91. The highest BCUT2D eigenvalue weighted by Crippen LogP contribution is 2.25. The van der Waals surface area contributed by atoms with Crippen LogP contribution >= 0.6 is 11.6 Å². The third-order valence-corrected chi connectivity index (χ3v) is 5.67. The Morgan fingerprint density at radius 3 is 2.55 bits per heavy atom. The van der Waals surface area contributed by atoms with Gasteiger partial charge in [-0.25, -0.2) is 0 Å². The van der Waals surface area contributed by atoms with Crippen LogP contribution in [0, 0.1) is 0 Å². The topological polar surface area (TPSA) is 57.7 Å². The van der Waals surface area contributed by atoms with E-state index in [2.05, 4.69) is 64.3 Å². The molecule has 1 unspecified atom stereocenters. The van der Waals surface area contributed by atoms with Crippen molar-refractivity contribution in [3.63, 3.8) is 0 Å². The lowest BCUT2D eigenvalue weighted by Crippen LogP contribution is -2.58. The van der Waals surface area contributed by atoms with Crippen LogP contribution in [0.4, 0.5) is 0 Å². The van der Waals surface area contributed by atoms with E-state index in [4.69, 9.17) is 16.3 Å². The first kappa shape index (κ1) is 21.6. The van der Waals surface area contributed by atoms with Crippen molar-refractivity contribution in [1.29, 1.82) is 0 Å². The minimum atomic E-state index is -0.0405. The van der Waals surface area contributed by atoms with Crippen molar-refractivity contribution < 1.29 is 4.74 Å². The van der Waals surface area contributed by atoms with Crippen LogP contribution in [0.5, 0.6) is 0 Å². The number of rotatable bonds is 7. The Bertz CT molecular complexity index is 790. The molecule has 0 saturated carbocycles. The van der Waals surface area contributed by atoms with Gasteiger partial charge in [0.15, 0.2) is 5.96 Å². The Hall–Kier alpha value is -2.08. The lowest BCUT2D eigenvalue weighted by molar-refractivity contribution is 0.0355. The maximum absolute atomic E-state index is 6.08. The van der Waals surface area contributed by atoms with Gasteiger partial charge in [0.25, 0.3) is 0 Å². The zero-order chi connectivity index (χ0) is 20.5. The third-order valence-electron chi connectivity index (χ3n) is 5.44. The van der Waals surface area contributed by atoms with Gasteiger partial charge in [0, 0.05) is 50.0 Å². The third kappa shape index (κ3) is 6.46. The van der Waals surface area contributed by atoms with Crippen molar-refractivity contribution in [2.45, 2.75) is 37.9 Å². The van der Waals surface area contributed by atoms with Crippen LogP contribution in [0.2, 0.25) is 5.02 Å². The molecule has 2 aromatic carbocycles. The van der Waals surface area contributed by atoms with Crippen LogP contribution in [-0.4, -0.2) is 38.3 Å². The fraction of sp³-hybridized carbons (Fsp3) is 0.435. The lowest BCUT2D eigenvalue weighted by atomic mass is 9.88. The van der Waals surface area contributed by atoms with Crippen molar-refractivity contribution in [2.75, 3.05) is 26.8 Å². The van der Waals surface area contributed by atoms with Gasteiger partial charge in [0.1, 0.15) is 0 Å². The normalized spacial score (nSPS) is 17.6. The average Bonchev–Trinajstić information content (AvgIpc) is 2.75. The molecule has 0 bridgehead atoms. The number of hydrogen-bond donors (Lipinski definition) is 3. The summed E-state index contributed by atoms with van der Waals surface area (Å²) in [6.07, 6.45) is 1.92. The largest absolute Gasteiger partial charge is 0.381 e. The summed E-state index contributed by atoms with van der Waals surface area (Å²) in [6.45, 7) is 5.21. The first-order chi connectivity index (χ1) is 14.1. The Labute approximate surface area is 178 Å². The summed E-state index contributed by atoms with van der Waals surface area (Å²) in [6, 6.07) is 18.7. The van der Waals surface area contributed by atoms with Crippen molar-refractivity contribution in [2.24, 2.45) is 4.99 Å². The monoisotopic (exact) mass is 414 g/mol. The zero-order valence-electron chi connectivity index (χ0n) is 17.2. The molecule has 29 heavy (non-hydrogen) atoms. The molecular weight excluding hydrogens is 384 g/mol. The molecule has 1 fully saturated rings. The fourth-order valence-electron chi connectivity index (χ4n) is 3.72. The van der Waals surface area contributed by atoms with E-state index in [9.17, 15) is 0 Å². The Morgan fingerprint density at radius 1 is 1.10 bits per heavy atom. The molecule has 3 N–H and O–H groups in total. The standard InChI is InChI=1S/C23H31ClN4O/c1-18(20-8-4-3-5-9-20)28-23(11-13-29-14-12-23)17-27-22(25-2)26-16-19-7-6-10-21(24)15-19/h3-10,15,18,28H,11-14,16-17H2,1-2H3,(H2,25,26,27). The van der Waals surface area contributed by atoms with Gasteiger partial charge >= 0.3 is 0 Å². The van der Waals surface area contributed by atoms with E-state index in [0.717, 1.165) is 49.1 Å². The second-order valence-electron chi connectivity index (χ2n) is 7.58. The van der Waals surface area contributed by atoms with Crippen LogP contribution < -0.4 is 16.0 Å². The number of halogens is 1. The zero-order valence-corrected chi connectivity index (χ0v) is 18.0. The summed E-state index contributed by atoms with van der Waals surface area (Å²) in [4.78, 5) is 4.38. The molecule has 0 aromatic heterocycles. The summed E-state index contributed by atoms with van der Waals surface area (Å²) < 4.78 is 5.64. The van der Waals surface area contributed by atoms with Crippen LogP contribution in [0.15, 0.2) is 59.6 Å². The molecule has 156 valence electrons. The summed E-state index contributed by atoms with van der Waals surface area (Å²) in [5.74, 6) is 0.782. The number of guanidine groups is 1. The van der Waals surface area contributed by atoms with Gasteiger partial charge in [-0.15, -0.1) is 0 Å². The van der Waals surface area contributed by atoms with Crippen LogP contribution in [-0.2, 0) is 11.3 Å². The maximum Gasteiger partial charge on any atom is 0.191 e. The molecule has 1 aliphatic heterocycles. The predicted molar refractivity (Wildman–Crippen MR) is 120 cm³/mol. The molecule has 1 heterocycles. The molecule has 0 amide bonds. The SMILES string of the molecule is CN=C(NCc1cccc(Cl)c1)NCC1(NC(C)c2ccccc2)CCOCC1. The van der Waals surface area contributed by atoms with Gasteiger partial charge in [-0.2, -0.15) is 0 Å². The molecular formula is C23H31ClN4O. The molecule has 1 aliphatic rings. The second kappa shape index (κ2) is 10.6. The number of hydrogen-bond acceptors (Lipinski definition) is 3. The smallest absolute Gasteiger partial charge is 0.191 e. The highest BCUT2D eigenvalue weighted by atomic mass is 35.5. The van der Waals surface area contributed by atoms with Gasteiger partial charge < -0.3 is 20.7 Å². The van der Waals surface area contributed by atoms with E-state index in [1.165, 1.54) is 5.56 Å². The Balaban J connectivity index is 1.60. The highest BCUT2D eigenvalue weighted by Gasteiger charge is 2.34. The quantitative estimate of drug-likeness (QED) is 0.475.